The number of pyridine rings is 1. The second-order valence-corrected chi connectivity index (χ2v) is 5.47. The summed E-state index contributed by atoms with van der Waals surface area (Å²) in [5.74, 6) is 0.0153. The zero-order chi connectivity index (χ0) is 18.2. The van der Waals surface area contributed by atoms with E-state index in [0.717, 1.165) is 18.6 Å². The number of anilines is 1. The number of aromatic nitrogens is 1. The summed E-state index contributed by atoms with van der Waals surface area (Å²) in [6, 6.07) is 8.25. The minimum absolute atomic E-state index is 0.0743. The average molecular weight is 365 g/mol. The van der Waals surface area contributed by atoms with E-state index in [0.29, 0.717) is 12.3 Å². The molecule has 2 aromatic rings. The predicted octanol–water partition coefficient (Wildman–Crippen LogP) is 4.22. The lowest BCUT2D eigenvalue weighted by Crippen LogP contribution is -2.13. The molecule has 0 bridgehead atoms. The Hall–Kier alpha value is -2.80. The molecule has 0 saturated heterocycles. The summed E-state index contributed by atoms with van der Waals surface area (Å²) < 4.78 is 9.93. The average Bonchev–Trinajstić information content (AvgIpc) is 2.58. The largest absolute Gasteiger partial charge is 0.512 e. The molecule has 0 unspecified atom stereocenters. The number of carbonyl (C=O) groups excluding carboxylic acids is 1. The van der Waals surface area contributed by atoms with Crippen LogP contribution in [0.5, 0.6) is 11.6 Å². The summed E-state index contributed by atoms with van der Waals surface area (Å²) in [6.07, 6.45) is 1.68. The molecule has 0 spiro atoms. The summed E-state index contributed by atoms with van der Waals surface area (Å²) >= 11 is 5.85. The van der Waals surface area contributed by atoms with Crippen molar-refractivity contribution in [2.75, 3.05) is 11.9 Å². The Kier molecular flexibility index (Phi) is 6.59. The van der Waals surface area contributed by atoms with Crippen molar-refractivity contribution in [1.29, 1.82) is 0 Å². The van der Waals surface area contributed by atoms with Crippen molar-refractivity contribution in [1.82, 2.24) is 4.98 Å². The Morgan fingerprint density at radius 1 is 1.28 bits per heavy atom. The first-order valence-corrected chi connectivity index (χ1v) is 7.98. The Morgan fingerprint density at radius 3 is 2.60 bits per heavy atom. The molecule has 1 aromatic heterocycles. The number of rotatable bonds is 7. The fourth-order valence-electron chi connectivity index (χ4n) is 1.88. The molecule has 0 aliphatic carbocycles. The number of carbonyl (C=O) groups is 2. The molecule has 0 fully saturated rings. The standard InChI is InChI=1S/C17H17ClN2O5/c1-2-3-8-24-13-6-4-12(5-7-13)20-15(21)11-9-14(18)16(19-10-11)25-17(22)23/h4-7,9-10H,2-3,8H2,1H3,(H,20,21)(H,22,23). The van der Waals surface area contributed by atoms with Crippen molar-refractivity contribution in [3.63, 3.8) is 0 Å². The van der Waals surface area contributed by atoms with Crippen LogP contribution in [0.25, 0.3) is 0 Å². The maximum absolute atomic E-state index is 12.2. The van der Waals surface area contributed by atoms with E-state index in [-0.39, 0.29) is 16.5 Å². The third-order valence-corrected chi connectivity index (χ3v) is 3.40. The van der Waals surface area contributed by atoms with Crippen LogP contribution in [0.4, 0.5) is 10.5 Å². The summed E-state index contributed by atoms with van der Waals surface area (Å²) in [4.78, 5) is 26.4. The molecule has 0 saturated carbocycles. The maximum Gasteiger partial charge on any atom is 0.512 e. The molecule has 25 heavy (non-hydrogen) atoms. The number of hydrogen-bond donors (Lipinski definition) is 2. The van der Waals surface area contributed by atoms with Gasteiger partial charge in [0.25, 0.3) is 5.91 Å². The van der Waals surface area contributed by atoms with Crippen molar-refractivity contribution in [2.45, 2.75) is 19.8 Å². The van der Waals surface area contributed by atoms with Crippen LogP contribution in [-0.4, -0.2) is 28.8 Å². The molecule has 1 amide bonds. The van der Waals surface area contributed by atoms with Gasteiger partial charge in [-0.1, -0.05) is 24.9 Å². The fraction of sp³-hybridized carbons (Fsp3) is 0.235. The molecular formula is C17H17ClN2O5. The highest BCUT2D eigenvalue weighted by Gasteiger charge is 2.13. The normalized spacial score (nSPS) is 10.2. The van der Waals surface area contributed by atoms with Crippen LogP contribution in [-0.2, 0) is 0 Å². The molecule has 2 N–H and O–H groups in total. The topological polar surface area (TPSA) is 97.8 Å². The molecule has 0 aliphatic heterocycles. The van der Waals surface area contributed by atoms with Gasteiger partial charge >= 0.3 is 6.16 Å². The van der Waals surface area contributed by atoms with Crippen molar-refractivity contribution in [2.24, 2.45) is 0 Å². The van der Waals surface area contributed by atoms with Crippen LogP contribution < -0.4 is 14.8 Å². The number of carboxylic acid groups (broad SMARTS) is 1. The highest BCUT2D eigenvalue weighted by molar-refractivity contribution is 6.32. The molecular weight excluding hydrogens is 348 g/mol. The summed E-state index contributed by atoms with van der Waals surface area (Å²) in [7, 11) is 0. The Labute approximate surface area is 149 Å². The lowest BCUT2D eigenvalue weighted by atomic mass is 10.2. The van der Waals surface area contributed by atoms with Crippen LogP contribution >= 0.6 is 11.6 Å². The summed E-state index contributed by atoms with van der Waals surface area (Å²) in [6.45, 7) is 2.74. The minimum Gasteiger partial charge on any atom is -0.494 e. The van der Waals surface area contributed by atoms with E-state index in [1.807, 2.05) is 0 Å². The highest BCUT2D eigenvalue weighted by Crippen LogP contribution is 2.23. The van der Waals surface area contributed by atoms with Gasteiger partial charge in [0.1, 0.15) is 10.8 Å². The van der Waals surface area contributed by atoms with E-state index in [1.54, 1.807) is 24.3 Å². The van der Waals surface area contributed by atoms with Crippen LogP contribution in [0.2, 0.25) is 5.02 Å². The molecule has 1 aromatic carbocycles. The number of halogens is 1. The van der Waals surface area contributed by atoms with Gasteiger partial charge in [-0.05, 0) is 36.8 Å². The maximum atomic E-state index is 12.2. The number of nitrogens with zero attached hydrogens (tertiary/aromatic N) is 1. The molecule has 1 heterocycles. The number of amides is 1. The van der Waals surface area contributed by atoms with Gasteiger partial charge in [-0.15, -0.1) is 0 Å². The molecule has 132 valence electrons. The van der Waals surface area contributed by atoms with Gasteiger partial charge in [0, 0.05) is 11.9 Å². The molecule has 8 heteroatoms. The number of benzene rings is 1. The Morgan fingerprint density at radius 2 is 2.00 bits per heavy atom. The number of hydrogen-bond acceptors (Lipinski definition) is 5. The first-order valence-electron chi connectivity index (χ1n) is 7.60. The van der Waals surface area contributed by atoms with Crippen LogP contribution in [0.15, 0.2) is 36.5 Å². The van der Waals surface area contributed by atoms with E-state index in [9.17, 15) is 9.59 Å². The molecule has 0 atom stereocenters. The lowest BCUT2D eigenvalue weighted by Gasteiger charge is -2.09. The van der Waals surface area contributed by atoms with Crippen LogP contribution in [0.1, 0.15) is 30.1 Å². The van der Waals surface area contributed by atoms with E-state index in [2.05, 4.69) is 22.0 Å². The minimum atomic E-state index is -1.53. The highest BCUT2D eigenvalue weighted by atomic mass is 35.5. The van der Waals surface area contributed by atoms with Gasteiger partial charge in [-0.2, -0.15) is 0 Å². The number of nitrogens with one attached hydrogen (secondary N) is 1. The molecule has 0 aliphatic rings. The second-order valence-electron chi connectivity index (χ2n) is 5.06. The summed E-state index contributed by atoms with van der Waals surface area (Å²) in [5.41, 5.74) is 0.751. The van der Waals surface area contributed by atoms with Crippen molar-refractivity contribution < 1.29 is 24.2 Å². The predicted molar refractivity (Wildman–Crippen MR) is 92.7 cm³/mol. The van der Waals surface area contributed by atoms with E-state index in [4.69, 9.17) is 21.4 Å². The quantitative estimate of drug-likeness (QED) is 0.563. The first kappa shape index (κ1) is 18.5. The summed E-state index contributed by atoms with van der Waals surface area (Å²) in [5, 5.41) is 11.2. The zero-order valence-corrected chi connectivity index (χ0v) is 14.2. The van der Waals surface area contributed by atoms with Crippen molar-refractivity contribution in [3.8, 4) is 11.6 Å². The molecule has 0 radical (unpaired) electrons. The van der Waals surface area contributed by atoms with E-state index in [1.165, 1.54) is 12.3 Å². The van der Waals surface area contributed by atoms with Gasteiger partial charge < -0.3 is 19.9 Å². The van der Waals surface area contributed by atoms with Crippen LogP contribution in [0, 0.1) is 0 Å². The SMILES string of the molecule is CCCCOc1ccc(NC(=O)c2cnc(OC(=O)O)c(Cl)c2)cc1. The smallest absolute Gasteiger partial charge is 0.494 e. The Balaban J connectivity index is 1.99. The zero-order valence-electron chi connectivity index (χ0n) is 13.5. The second kappa shape index (κ2) is 8.89. The first-order chi connectivity index (χ1) is 12.0. The fourth-order valence-corrected chi connectivity index (χ4v) is 2.08. The molecule has 7 nitrogen and oxygen atoms in total. The Bertz CT molecular complexity index is 749. The van der Waals surface area contributed by atoms with E-state index >= 15 is 0 Å². The van der Waals surface area contributed by atoms with Gasteiger partial charge in [0.15, 0.2) is 0 Å². The number of ether oxygens (including phenoxy) is 2. The number of unbranched alkanes of at least 4 members (excludes halogenated alkanes) is 1. The van der Waals surface area contributed by atoms with Gasteiger partial charge in [-0.25, -0.2) is 9.78 Å². The molecule has 2 rings (SSSR count). The van der Waals surface area contributed by atoms with Crippen molar-refractivity contribution >= 4 is 29.4 Å². The lowest BCUT2D eigenvalue weighted by molar-refractivity contribution is 0.102. The van der Waals surface area contributed by atoms with Gasteiger partial charge in [0.05, 0.1) is 12.2 Å². The van der Waals surface area contributed by atoms with Crippen molar-refractivity contribution in [3.05, 3.63) is 47.1 Å². The monoisotopic (exact) mass is 364 g/mol. The van der Waals surface area contributed by atoms with Gasteiger partial charge in [-0.3, -0.25) is 4.79 Å². The third kappa shape index (κ3) is 5.65. The van der Waals surface area contributed by atoms with Gasteiger partial charge in [0.2, 0.25) is 5.88 Å². The third-order valence-electron chi connectivity index (χ3n) is 3.13. The van der Waals surface area contributed by atoms with Crippen LogP contribution in [0.3, 0.4) is 0 Å². The van der Waals surface area contributed by atoms with E-state index < -0.39 is 12.1 Å².